The number of carbonyl (C=O) groups is 2. The monoisotopic (exact) mass is 461 g/mol. The van der Waals surface area contributed by atoms with E-state index in [1.165, 1.54) is 17.0 Å². The van der Waals surface area contributed by atoms with Gasteiger partial charge in [-0.25, -0.2) is 4.98 Å². The fraction of sp³-hybridized carbons (Fsp3) is 0.240. The van der Waals surface area contributed by atoms with Gasteiger partial charge in [-0.3, -0.25) is 9.59 Å². The third-order valence-corrected chi connectivity index (χ3v) is 5.94. The van der Waals surface area contributed by atoms with Gasteiger partial charge in [-0.15, -0.1) is 0 Å². The first-order chi connectivity index (χ1) is 16.5. The molecule has 174 valence electrons. The lowest BCUT2D eigenvalue weighted by Gasteiger charge is -2.25. The lowest BCUT2D eigenvalue weighted by Crippen LogP contribution is -2.31. The maximum atomic E-state index is 13.1. The molecular weight excluding hydrogens is 438 g/mol. The SMILES string of the molecule is O=C1C(=O)N(CCCn2ccnc2)[C@@H](c2ccc(O)cc2)/C1=C(\O)c1ccc2c(c1)OCCO2. The van der Waals surface area contributed by atoms with E-state index in [0.717, 1.165) is 0 Å². The standard InChI is InChI=1S/C25H23N3O6/c29-18-5-2-16(3-6-18)22-21(23(30)17-4-7-19-20(14-17)34-13-12-33-19)24(31)25(32)28(22)10-1-9-27-11-8-26-15-27/h2-8,11,14-15,22,29-30H,1,9-10,12-13H2/b23-21+/t22-/m0/s1. The molecular formula is C25H23N3O6. The van der Waals surface area contributed by atoms with E-state index < -0.39 is 17.7 Å². The maximum Gasteiger partial charge on any atom is 0.295 e. The zero-order valence-electron chi connectivity index (χ0n) is 18.3. The molecule has 0 spiro atoms. The van der Waals surface area contributed by atoms with Crippen molar-refractivity contribution in [1.82, 2.24) is 14.5 Å². The van der Waals surface area contributed by atoms with Crippen LogP contribution >= 0.6 is 0 Å². The highest BCUT2D eigenvalue weighted by atomic mass is 16.6. The molecule has 3 aromatic rings. The summed E-state index contributed by atoms with van der Waals surface area (Å²) in [6.45, 7) is 1.73. The Hall–Kier alpha value is -4.27. The molecule has 0 bridgehead atoms. The zero-order chi connectivity index (χ0) is 23.7. The summed E-state index contributed by atoms with van der Waals surface area (Å²) < 4.78 is 13.0. The summed E-state index contributed by atoms with van der Waals surface area (Å²) in [6.07, 6.45) is 5.78. The van der Waals surface area contributed by atoms with Crippen LogP contribution in [0.15, 0.2) is 66.8 Å². The van der Waals surface area contributed by atoms with Gasteiger partial charge in [0.25, 0.3) is 11.7 Å². The smallest absolute Gasteiger partial charge is 0.295 e. The summed E-state index contributed by atoms with van der Waals surface area (Å²) in [4.78, 5) is 31.7. The average Bonchev–Trinajstić information content (AvgIpc) is 3.46. The number of aromatic hydroxyl groups is 1. The van der Waals surface area contributed by atoms with Crippen LogP contribution in [0.5, 0.6) is 17.2 Å². The topological polar surface area (TPSA) is 114 Å². The predicted molar refractivity (Wildman–Crippen MR) is 121 cm³/mol. The summed E-state index contributed by atoms with van der Waals surface area (Å²) >= 11 is 0. The Balaban J connectivity index is 1.53. The van der Waals surface area contributed by atoms with Crippen LogP contribution in [0.2, 0.25) is 0 Å². The Morgan fingerprint density at radius 1 is 1.03 bits per heavy atom. The molecule has 34 heavy (non-hydrogen) atoms. The molecule has 2 aromatic carbocycles. The van der Waals surface area contributed by atoms with Crippen molar-refractivity contribution < 1.29 is 29.3 Å². The fourth-order valence-electron chi connectivity index (χ4n) is 4.30. The number of aryl methyl sites for hydroxylation is 1. The van der Waals surface area contributed by atoms with Gasteiger partial charge < -0.3 is 29.2 Å². The normalized spacial score (nSPS) is 18.9. The Kier molecular flexibility index (Phi) is 5.67. The van der Waals surface area contributed by atoms with Gasteiger partial charge in [0, 0.05) is 31.0 Å². The summed E-state index contributed by atoms with van der Waals surface area (Å²) in [6, 6.07) is 10.4. The summed E-state index contributed by atoms with van der Waals surface area (Å²) in [5, 5.41) is 21.0. The Morgan fingerprint density at radius 3 is 2.53 bits per heavy atom. The summed E-state index contributed by atoms with van der Waals surface area (Å²) in [5.41, 5.74) is 0.957. The van der Waals surface area contributed by atoms with Gasteiger partial charge in [0.2, 0.25) is 0 Å². The molecule has 1 aromatic heterocycles. The van der Waals surface area contributed by atoms with Crippen LogP contribution in [0.25, 0.3) is 5.76 Å². The van der Waals surface area contributed by atoms with Crippen molar-refractivity contribution in [2.24, 2.45) is 0 Å². The molecule has 1 atom stereocenters. The second-order valence-electron chi connectivity index (χ2n) is 8.10. The van der Waals surface area contributed by atoms with E-state index in [1.807, 2.05) is 10.8 Å². The molecule has 2 N–H and O–H groups in total. The van der Waals surface area contributed by atoms with Crippen molar-refractivity contribution in [1.29, 1.82) is 0 Å². The van der Waals surface area contributed by atoms with Gasteiger partial charge in [0.15, 0.2) is 11.5 Å². The molecule has 3 heterocycles. The highest BCUT2D eigenvalue weighted by molar-refractivity contribution is 6.46. The van der Waals surface area contributed by atoms with Gasteiger partial charge in [0.1, 0.15) is 24.7 Å². The number of carbonyl (C=O) groups excluding carboxylic acids is 2. The van der Waals surface area contributed by atoms with E-state index in [4.69, 9.17) is 9.47 Å². The van der Waals surface area contributed by atoms with E-state index in [0.29, 0.717) is 55.4 Å². The Morgan fingerprint density at radius 2 is 1.79 bits per heavy atom. The minimum Gasteiger partial charge on any atom is -0.508 e. The summed E-state index contributed by atoms with van der Waals surface area (Å²) in [7, 11) is 0. The second kappa shape index (κ2) is 8.93. The van der Waals surface area contributed by atoms with Crippen molar-refractivity contribution >= 4 is 17.4 Å². The van der Waals surface area contributed by atoms with Crippen LogP contribution in [0.1, 0.15) is 23.6 Å². The number of aliphatic hydroxyl groups excluding tert-OH is 1. The number of nitrogens with zero attached hydrogens (tertiary/aromatic N) is 3. The molecule has 9 heteroatoms. The molecule has 5 rings (SSSR count). The zero-order valence-corrected chi connectivity index (χ0v) is 18.3. The first kappa shape index (κ1) is 21.6. The quantitative estimate of drug-likeness (QED) is 0.330. The number of fused-ring (bicyclic) bond motifs is 1. The molecule has 1 saturated heterocycles. The maximum absolute atomic E-state index is 13.1. The molecule has 0 unspecified atom stereocenters. The Labute approximate surface area is 195 Å². The predicted octanol–water partition coefficient (Wildman–Crippen LogP) is 2.87. The molecule has 1 fully saturated rings. The van der Waals surface area contributed by atoms with Gasteiger partial charge >= 0.3 is 0 Å². The number of likely N-dealkylation sites (tertiary alicyclic amines) is 1. The first-order valence-corrected chi connectivity index (χ1v) is 11.0. The number of imidazole rings is 1. The van der Waals surface area contributed by atoms with E-state index in [-0.39, 0.29) is 17.1 Å². The van der Waals surface area contributed by atoms with E-state index in [1.54, 1.807) is 42.9 Å². The molecule has 2 aliphatic heterocycles. The number of phenols is 1. The lowest BCUT2D eigenvalue weighted by molar-refractivity contribution is -0.139. The Bertz CT molecular complexity index is 1250. The minimum atomic E-state index is -0.795. The molecule has 0 saturated carbocycles. The van der Waals surface area contributed by atoms with Gasteiger partial charge in [0.05, 0.1) is 17.9 Å². The van der Waals surface area contributed by atoms with Crippen molar-refractivity contribution in [3.8, 4) is 17.2 Å². The van der Waals surface area contributed by atoms with Crippen molar-refractivity contribution in [2.75, 3.05) is 19.8 Å². The highest BCUT2D eigenvalue weighted by Gasteiger charge is 2.45. The third kappa shape index (κ3) is 3.96. The van der Waals surface area contributed by atoms with E-state index in [9.17, 15) is 19.8 Å². The largest absolute Gasteiger partial charge is 0.508 e. The van der Waals surface area contributed by atoms with Gasteiger partial charge in [-0.1, -0.05) is 12.1 Å². The number of benzene rings is 2. The lowest BCUT2D eigenvalue weighted by atomic mass is 9.95. The molecule has 9 nitrogen and oxygen atoms in total. The van der Waals surface area contributed by atoms with Gasteiger partial charge in [-0.2, -0.15) is 0 Å². The fourth-order valence-corrected chi connectivity index (χ4v) is 4.30. The number of hydrogen-bond acceptors (Lipinski definition) is 7. The molecule has 0 radical (unpaired) electrons. The van der Waals surface area contributed by atoms with Crippen LogP contribution in [-0.4, -0.2) is 56.1 Å². The number of phenolic OH excluding ortho intramolecular Hbond substituents is 1. The number of amides is 1. The average molecular weight is 461 g/mol. The van der Waals surface area contributed by atoms with Crippen molar-refractivity contribution in [3.05, 3.63) is 77.9 Å². The van der Waals surface area contributed by atoms with Crippen LogP contribution < -0.4 is 9.47 Å². The van der Waals surface area contributed by atoms with Crippen LogP contribution in [-0.2, 0) is 16.1 Å². The minimum absolute atomic E-state index is 0.00463. The van der Waals surface area contributed by atoms with E-state index >= 15 is 0 Å². The first-order valence-electron chi connectivity index (χ1n) is 11.0. The summed E-state index contributed by atoms with van der Waals surface area (Å²) in [5.74, 6) is -0.641. The van der Waals surface area contributed by atoms with Crippen LogP contribution in [0.3, 0.4) is 0 Å². The number of ketones is 1. The molecule has 1 amide bonds. The number of ether oxygens (including phenoxy) is 2. The molecule has 2 aliphatic rings. The van der Waals surface area contributed by atoms with Gasteiger partial charge in [-0.05, 0) is 42.3 Å². The number of Topliss-reactive ketones (excluding diaryl/α,β-unsaturated/α-hetero) is 1. The number of aliphatic hydroxyl groups is 1. The van der Waals surface area contributed by atoms with Crippen LogP contribution in [0.4, 0.5) is 0 Å². The number of hydrogen-bond donors (Lipinski definition) is 2. The van der Waals surface area contributed by atoms with Crippen LogP contribution in [0, 0.1) is 0 Å². The second-order valence-corrected chi connectivity index (χ2v) is 8.10. The third-order valence-electron chi connectivity index (χ3n) is 5.94. The number of aromatic nitrogens is 2. The van der Waals surface area contributed by atoms with Crippen molar-refractivity contribution in [2.45, 2.75) is 19.0 Å². The highest BCUT2D eigenvalue weighted by Crippen LogP contribution is 2.41. The molecule has 0 aliphatic carbocycles. The van der Waals surface area contributed by atoms with Crippen molar-refractivity contribution in [3.63, 3.8) is 0 Å². The number of rotatable bonds is 6. The van der Waals surface area contributed by atoms with E-state index in [2.05, 4.69) is 4.98 Å².